The van der Waals surface area contributed by atoms with Crippen LogP contribution in [-0.2, 0) is 13.1 Å². The number of hydrogen-bond donors (Lipinski definition) is 1. The van der Waals surface area contributed by atoms with Gasteiger partial charge in [0.2, 0.25) is 0 Å². The number of rotatable bonds is 7. The third-order valence-corrected chi connectivity index (χ3v) is 6.11. The van der Waals surface area contributed by atoms with Gasteiger partial charge in [-0.1, -0.05) is 29.8 Å². The van der Waals surface area contributed by atoms with Crippen LogP contribution in [0, 0.1) is 6.92 Å². The zero-order valence-electron chi connectivity index (χ0n) is 16.1. The highest BCUT2D eigenvalue weighted by Crippen LogP contribution is 2.24. The van der Waals surface area contributed by atoms with E-state index >= 15 is 0 Å². The minimum atomic E-state index is 0.244. The number of hydrogen-bond acceptors (Lipinski definition) is 6. The maximum Gasteiger partial charge on any atom is 0.185 e. The summed E-state index contributed by atoms with van der Waals surface area (Å²) < 4.78 is 0. The van der Waals surface area contributed by atoms with E-state index in [0.717, 1.165) is 44.3 Å². The predicted octanol–water partition coefficient (Wildman–Crippen LogP) is 2.59. The summed E-state index contributed by atoms with van der Waals surface area (Å²) in [6.45, 7) is 7.38. The van der Waals surface area contributed by atoms with Gasteiger partial charge in [0.15, 0.2) is 5.13 Å². The molecule has 2 heterocycles. The fraction of sp³-hybridized carbons (Fsp3) is 0.550. The number of piperazine rings is 1. The van der Waals surface area contributed by atoms with Crippen molar-refractivity contribution >= 4 is 16.5 Å². The third-order valence-electron chi connectivity index (χ3n) is 4.96. The van der Waals surface area contributed by atoms with E-state index < -0.39 is 0 Å². The Bertz CT molecular complexity index is 685. The Hall–Kier alpha value is -1.47. The highest BCUT2D eigenvalue weighted by molar-refractivity contribution is 7.15. The van der Waals surface area contributed by atoms with Gasteiger partial charge in [-0.2, -0.15) is 0 Å². The lowest BCUT2D eigenvalue weighted by molar-refractivity contribution is 0.0504. The second-order valence-corrected chi connectivity index (χ2v) is 8.45. The van der Waals surface area contributed by atoms with Crippen LogP contribution in [0.4, 0.5) is 5.13 Å². The van der Waals surface area contributed by atoms with Crippen molar-refractivity contribution in [2.45, 2.75) is 32.5 Å². The summed E-state index contributed by atoms with van der Waals surface area (Å²) in [6.07, 6.45) is 2.83. The summed E-state index contributed by atoms with van der Waals surface area (Å²) in [5, 5.41) is 10.6. The zero-order valence-corrected chi connectivity index (χ0v) is 16.9. The van der Waals surface area contributed by atoms with Crippen molar-refractivity contribution in [3.63, 3.8) is 0 Å². The average molecular weight is 375 g/mol. The van der Waals surface area contributed by atoms with Crippen LogP contribution in [0.3, 0.4) is 0 Å². The summed E-state index contributed by atoms with van der Waals surface area (Å²) in [4.78, 5) is 12.9. The molecular weight excluding hydrogens is 344 g/mol. The van der Waals surface area contributed by atoms with Crippen LogP contribution in [0.15, 0.2) is 30.5 Å². The smallest absolute Gasteiger partial charge is 0.185 e. The molecule has 1 aliphatic rings. The van der Waals surface area contributed by atoms with Gasteiger partial charge in [-0.3, -0.25) is 9.80 Å². The Morgan fingerprint density at radius 3 is 2.62 bits per heavy atom. The molecular formula is C20H30N4OS. The van der Waals surface area contributed by atoms with Crippen molar-refractivity contribution in [3.8, 4) is 0 Å². The normalized spacial score (nSPS) is 19.0. The van der Waals surface area contributed by atoms with Crippen LogP contribution >= 0.6 is 11.3 Å². The van der Waals surface area contributed by atoms with Crippen molar-refractivity contribution in [3.05, 3.63) is 46.5 Å². The maximum absolute atomic E-state index is 9.52. The van der Waals surface area contributed by atoms with E-state index in [4.69, 9.17) is 0 Å². The van der Waals surface area contributed by atoms with Gasteiger partial charge in [0.05, 0.1) is 0 Å². The Labute approximate surface area is 160 Å². The van der Waals surface area contributed by atoms with E-state index in [0.29, 0.717) is 6.04 Å². The number of aliphatic hydroxyl groups excluding tert-OH is 1. The summed E-state index contributed by atoms with van der Waals surface area (Å²) in [5.74, 6) is 0. The van der Waals surface area contributed by atoms with Gasteiger partial charge in [-0.25, -0.2) is 4.98 Å². The Morgan fingerprint density at radius 1 is 1.19 bits per heavy atom. The van der Waals surface area contributed by atoms with Crippen LogP contribution in [0.5, 0.6) is 0 Å². The molecule has 0 unspecified atom stereocenters. The van der Waals surface area contributed by atoms with E-state index in [1.54, 1.807) is 11.3 Å². The highest BCUT2D eigenvalue weighted by atomic mass is 32.1. The molecule has 0 amide bonds. The minimum absolute atomic E-state index is 0.244. The van der Waals surface area contributed by atoms with Gasteiger partial charge >= 0.3 is 0 Å². The first kappa shape index (κ1) is 19.3. The second-order valence-electron chi connectivity index (χ2n) is 7.36. The Balaban J connectivity index is 1.60. The lowest BCUT2D eigenvalue weighted by Crippen LogP contribution is -2.52. The quantitative estimate of drug-likeness (QED) is 0.807. The van der Waals surface area contributed by atoms with Gasteiger partial charge in [0.1, 0.15) is 0 Å². The molecule has 2 aromatic rings. The summed E-state index contributed by atoms with van der Waals surface area (Å²) in [6, 6.07) is 9.20. The predicted molar refractivity (Wildman–Crippen MR) is 109 cm³/mol. The first-order valence-electron chi connectivity index (χ1n) is 9.30. The molecule has 0 radical (unpaired) electrons. The first-order chi connectivity index (χ1) is 12.5. The fourth-order valence-corrected chi connectivity index (χ4v) is 4.33. The van der Waals surface area contributed by atoms with Crippen molar-refractivity contribution in [2.24, 2.45) is 0 Å². The number of nitrogens with zero attached hydrogens (tertiary/aromatic N) is 4. The molecule has 1 aromatic carbocycles. The molecule has 1 fully saturated rings. The van der Waals surface area contributed by atoms with Gasteiger partial charge in [-0.15, -0.1) is 11.3 Å². The van der Waals surface area contributed by atoms with E-state index in [9.17, 15) is 5.11 Å². The summed E-state index contributed by atoms with van der Waals surface area (Å²) in [7, 11) is 4.06. The lowest BCUT2D eigenvalue weighted by Gasteiger charge is -2.41. The van der Waals surface area contributed by atoms with Crippen molar-refractivity contribution in [2.75, 3.05) is 45.2 Å². The van der Waals surface area contributed by atoms with Gasteiger partial charge in [0.25, 0.3) is 0 Å². The molecule has 0 saturated carbocycles. The minimum Gasteiger partial charge on any atom is -0.396 e. The molecule has 26 heavy (non-hydrogen) atoms. The topological polar surface area (TPSA) is 42.8 Å². The van der Waals surface area contributed by atoms with Crippen LogP contribution < -0.4 is 4.90 Å². The number of thiazole rings is 1. The van der Waals surface area contributed by atoms with Crippen molar-refractivity contribution in [1.82, 2.24) is 14.8 Å². The summed E-state index contributed by atoms with van der Waals surface area (Å²) >= 11 is 1.76. The highest BCUT2D eigenvalue weighted by Gasteiger charge is 2.27. The standard InChI is InChI=1S/C20H30N4OS/c1-16-4-6-17(7-5-16)13-24-10-9-23(14-18(24)8-11-25)15-19-12-21-20(26-19)22(2)3/h4-7,12,18,25H,8-11,13-15H2,1-3H3/t18-/m0/s1. The molecule has 0 spiro atoms. The average Bonchev–Trinajstić information content (AvgIpc) is 3.08. The van der Waals surface area contributed by atoms with E-state index in [1.807, 2.05) is 20.3 Å². The summed E-state index contributed by atoms with van der Waals surface area (Å²) in [5.41, 5.74) is 2.65. The Morgan fingerprint density at radius 2 is 1.96 bits per heavy atom. The van der Waals surface area contributed by atoms with Gasteiger partial charge in [0, 0.05) is 70.5 Å². The van der Waals surface area contributed by atoms with Gasteiger partial charge < -0.3 is 10.0 Å². The zero-order chi connectivity index (χ0) is 18.5. The van der Waals surface area contributed by atoms with E-state index in [-0.39, 0.29) is 6.61 Å². The molecule has 142 valence electrons. The van der Waals surface area contributed by atoms with E-state index in [2.05, 4.69) is 50.9 Å². The molecule has 6 heteroatoms. The second kappa shape index (κ2) is 8.95. The monoisotopic (exact) mass is 374 g/mol. The SMILES string of the molecule is Cc1ccc(CN2CCN(Cc3cnc(N(C)C)s3)C[C@@H]2CCO)cc1. The molecule has 1 aromatic heterocycles. The van der Waals surface area contributed by atoms with Gasteiger partial charge in [-0.05, 0) is 18.9 Å². The van der Waals surface area contributed by atoms with Crippen molar-refractivity contribution < 1.29 is 5.11 Å². The molecule has 0 aliphatic carbocycles. The molecule has 1 N–H and O–H groups in total. The lowest BCUT2D eigenvalue weighted by atomic mass is 10.1. The number of anilines is 1. The molecule has 1 saturated heterocycles. The third kappa shape index (κ3) is 5.04. The molecule has 5 nitrogen and oxygen atoms in total. The van der Waals surface area contributed by atoms with Crippen LogP contribution in [-0.4, -0.2) is 66.3 Å². The first-order valence-corrected chi connectivity index (χ1v) is 10.1. The fourth-order valence-electron chi connectivity index (χ4n) is 3.46. The number of benzene rings is 1. The van der Waals surface area contributed by atoms with Crippen LogP contribution in [0.2, 0.25) is 0 Å². The molecule has 1 atom stereocenters. The maximum atomic E-state index is 9.52. The molecule has 0 bridgehead atoms. The van der Waals surface area contributed by atoms with Crippen LogP contribution in [0.1, 0.15) is 22.4 Å². The van der Waals surface area contributed by atoms with Crippen LogP contribution in [0.25, 0.3) is 0 Å². The van der Waals surface area contributed by atoms with E-state index in [1.165, 1.54) is 16.0 Å². The molecule has 1 aliphatic heterocycles. The van der Waals surface area contributed by atoms with Crippen molar-refractivity contribution in [1.29, 1.82) is 0 Å². The number of aliphatic hydroxyl groups is 1. The Kier molecular flexibility index (Phi) is 6.64. The largest absolute Gasteiger partial charge is 0.396 e. The number of aryl methyl sites for hydroxylation is 1. The number of aromatic nitrogens is 1. The molecule has 3 rings (SSSR count).